The third kappa shape index (κ3) is 3.84. The molecule has 0 spiro atoms. The van der Waals surface area contributed by atoms with Gasteiger partial charge in [0.1, 0.15) is 0 Å². The van der Waals surface area contributed by atoms with E-state index in [2.05, 4.69) is 38.1 Å². The second-order valence-corrected chi connectivity index (χ2v) is 6.28. The summed E-state index contributed by atoms with van der Waals surface area (Å²) in [5, 5.41) is 0. The van der Waals surface area contributed by atoms with Crippen molar-refractivity contribution in [2.75, 3.05) is 13.1 Å². The Labute approximate surface area is 123 Å². The van der Waals surface area contributed by atoms with E-state index in [0.717, 1.165) is 38.3 Å². The van der Waals surface area contributed by atoms with Crippen LogP contribution in [0.25, 0.3) is 0 Å². The normalized spacial score (nSPS) is 16.7. The number of hydrogen-bond donors (Lipinski definition) is 0. The molecule has 0 aliphatic carbocycles. The first kappa shape index (κ1) is 15.1. The monoisotopic (exact) mass is 273 g/mol. The van der Waals surface area contributed by atoms with Crippen LogP contribution >= 0.6 is 0 Å². The summed E-state index contributed by atoms with van der Waals surface area (Å²) in [6.45, 7) is 8.30. The lowest BCUT2D eigenvalue weighted by atomic mass is 9.89. The number of benzene rings is 1. The van der Waals surface area contributed by atoms with Crippen molar-refractivity contribution in [2.24, 2.45) is 5.92 Å². The fourth-order valence-electron chi connectivity index (χ4n) is 2.98. The summed E-state index contributed by atoms with van der Waals surface area (Å²) in [5.41, 5.74) is 2.85. The van der Waals surface area contributed by atoms with Crippen molar-refractivity contribution in [3.63, 3.8) is 0 Å². The first-order valence-corrected chi connectivity index (χ1v) is 7.96. The fourth-order valence-corrected chi connectivity index (χ4v) is 2.98. The van der Waals surface area contributed by atoms with Gasteiger partial charge in [-0.15, -0.1) is 0 Å². The van der Waals surface area contributed by atoms with E-state index in [1.54, 1.807) is 0 Å². The van der Waals surface area contributed by atoms with Gasteiger partial charge in [-0.25, -0.2) is 0 Å². The summed E-state index contributed by atoms with van der Waals surface area (Å²) in [6, 6.07) is 9.07. The minimum absolute atomic E-state index is 0.310. The van der Waals surface area contributed by atoms with E-state index in [-0.39, 0.29) is 0 Å². The average molecular weight is 273 g/mol. The molecule has 1 aliphatic rings. The molecular formula is C18H27NO. The molecular weight excluding hydrogens is 246 g/mol. The molecule has 0 atom stereocenters. The molecule has 1 saturated heterocycles. The highest BCUT2D eigenvalue weighted by Gasteiger charge is 2.21. The van der Waals surface area contributed by atoms with Gasteiger partial charge in [0.2, 0.25) is 5.91 Å². The molecule has 1 heterocycles. The lowest BCUT2D eigenvalue weighted by Gasteiger charge is -2.32. The quantitative estimate of drug-likeness (QED) is 0.812. The smallest absolute Gasteiger partial charge is 0.222 e. The molecule has 0 N–H and O–H groups in total. The Morgan fingerprint density at radius 2 is 1.80 bits per heavy atom. The van der Waals surface area contributed by atoms with E-state index < -0.39 is 0 Å². The number of rotatable bonds is 4. The number of nitrogens with zero attached hydrogens (tertiary/aromatic N) is 1. The van der Waals surface area contributed by atoms with Gasteiger partial charge in [-0.05, 0) is 42.2 Å². The standard InChI is InChI=1S/C18H27NO/c1-4-18(20)19-11-9-16(10-12-19)13-15-5-7-17(8-6-15)14(2)3/h5-8,14,16H,4,9-13H2,1-3H3. The highest BCUT2D eigenvalue weighted by molar-refractivity contribution is 5.75. The number of likely N-dealkylation sites (tertiary alicyclic amines) is 1. The fraction of sp³-hybridized carbons (Fsp3) is 0.611. The van der Waals surface area contributed by atoms with Crippen LogP contribution in [0.1, 0.15) is 57.1 Å². The van der Waals surface area contributed by atoms with Crippen LogP contribution < -0.4 is 0 Å². The highest BCUT2D eigenvalue weighted by Crippen LogP contribution is 2.23. The Morgan fingerprint density at radius 1 is 1.20 bits per heavy atom. The van der Waals surface area contributed by atoms with Crippen molar-refractivity contribution < 1.29 is 4.79 Å². The van der Waals surface area contributed by atoms with Crippen LogP contribution in [0.15, 0.2) is 24.3 Å². The van der Waals surface area contributed by atoms with E-state index in [9.17, 15) is 4.79 Å². The van der Waals surface area contributed by atoms with Gasteiger partial charge in [0.05, 0.1) is 0 Å². The Hall–Kier alpha value is -1.31. The van der Waals surface area contributed by atoms with Gasteiger partial charge < -0.3 is 4.90 Å². The molecule has 0 aromatic heterocycles. The van der Waals surface area contributed by atoms with Gasteiger partial charge in [0, 0.05) is 19.5 Å². The van der Waals surface area contributed by atoms with Crippen molar-refractivity contribution in [1.29, 1.82) is 0 Å². The molecule has 2 rings (SSSR count). The molecule has 1 fully saturated rings. The average Bonchev–Trinajstić information content (AvgIpc) is 2.48. The lowest BCUT2D eigenvalue weighted by Crippen LogP contribution is -2.38. The van der Waals surface area contributed by atoms with Gasteiger partial charge in [-0.1, -0.05) is 45.0 Å². The molecule has 2 nitrogen and oxygen atoms in total. The summed E-state index contributed by atoms with van der Waals surface area (Å²) >= 11 is 0. The second-order valence-electron chi connectivity index (χ2n) is 6.28. The molecule has 0 bridgehead atoms. The van der Waals surface area contributed by atoms with Crippen molar-refractivity contribution in [2.45, 2.75) is 52.4 Å². The molecule has 20 heavy (non-hydrogen) atoms. The van der Waals surface area contributed by atoms with Crippen LogP contribution in [-0.2, 0) is 11.2 Å². The molecule has 1 amide bonds. The van der Waals surface area contributed by atoms with Crippen LogP contribution in [0.2, 0.25) is 0 Å². The predicted molar refractivity (Wildman–Crippen MR) is 83.8 cm³/mol. The largest absolute Gasteiger partial charge is 0.343 e. The van der Waals surface area contributed by atoms with Crippen LogP contribution in [-0.4, -0.2) is 23.9 Å². The van der Waals surface area contributed by atoms with E-state index in [1.165, 1.54) is 11.1 Å². The van der Waals surface area contributed by atoms with Crippen molar-refractivity contribution >= 4 is 5.91 Å². The van der Waals surface area contributed by atoms with Crippen molar-refractivity contribution in [3.05, 3.63) is 35.4 Å². The van der Waals surface area contributed by atoms with Crippen LogP contribution in [0.5, 0.6) is 0 Å². The number of hydrogen-bond acceptors (Lipinski definition) is 1. The molecule has 0 radical (unpaired) electrons. The summed E-state index contributed by atoms with van der Waals surface area (Å²) in [7, 11) is 0. The topological polar surface area (TPSA) is 20.3 Å². The minimum atomic E-state index is 0.310. The van der Waals surface area contributed by atoms with Gasteiger partial charge in [0.25, 0.3) is 0 Å². The van der Waals surface area contributed by atoms with Crippen LogP contribution in [0.4, 0.5) is 0 Å². The van der Waals surface area contributed by atoms with E-state index in [0.29, 0.717) is 18.2 Å². The lowest BCUT2D eigenvalue weighted by molar-refractivity contribution is -0.132. The summed E-state index contributed by atoms with van der Waals surface area (Å²) in [4.78, 5) is 13.7. The van der Waals surface area contributed by atoms with Crippen molar-refractivity contribution in [1.82, 2.24) is 4.90 Å². The van der Waals surface area contributed by atoms with E-state index in [4.69, 9.17) is 0 Å². The van der Waals surface area contributed by atoms with Gasteiger partial charge in [-0.2, -0.15) is 0 Å². The zero-order valence-corrected chi connectivity index (χ0v) is 13.1. The number of amides is 1. The Balaban J connectivity index is 1.84. The van der Waals surface area contributed by atoms with Crippen molar-refractivity contribution in [3.8, 4) is 0 Å². The van der Waals surface area contributed by atoms with Gasteiger partial charge in [-0.3, -0.25) is 4.79 Å². The third-order valence-corrected chi connectivity index (χ3v) is 4.44. The van der Waals surface area contributed by atoms with Gasteiger partial charge in [0.15, 0.2) is 0 Å². The molecule has 110 valence electrons. The molecule has 2 heteroatoms. The minimum Gasteiger partial charge on any atom is -0.343 e. The van der Waals surface area contributed by atoms with Crippen LogP contribution in [0, 0.1) is 5.92 Å². The Kier molecular flexibility index (Phi) is 5.22. The maximum atomic E-state index is 11.7. The summed E-state index contributed by atoms with van der Waals surface area (Å²) in [5.74, 6) is 1.65. The SMILES string of the molecule is CCC(=O)N1CCC(Cc2ccc(C(C)C)cc2)CC1. The Morgan fingerprint density at radius 3 is 2.30 bits per heavy atom. The molecule has 1 aromatic carbocycles. The maximum absolute atomic E-state index is 11.7. The first-order chi connectivity index (χ1) is 9.60. The zero-order chi connectivity index (χ0) is 14.5. The number of carbonyl (C=O) groups is 1. The molecule has 0 saturated carbocycles. The molecule has 1 aromatic rings. The van der Waals surface area contributed by atoms with E-state index >= 15 is 0 Å². The summed E-state index contributed by atoms with van der Waals surface area (Å²) < 4.78 is 0. The maximum Gasteiger partial charge on any atom is 0.222 e. The Bertz CT molecular complexity index is 427. The zero-order valence-electron chi connectivity index (χ0n) is 13.1. The number of piperidine rings is 1. The summed E-state index contributed by atoms with van der Waals surface area (Å²) in [6.07, 6.45) is 4.10. The predicted octanol–water partition coefficient (Wildman–Crippen LogP) is 4.00. The highest BCUT2D eigenvalue weighted by atomic mass is 16.2. The second kappa shape index (κ2) is 6.92. The van der Waals surface area contributed by atoms with E-state index in [1.807, 2.05) is 11.8 Å². The molecule has 0 unspecified atom stereocenters. The number of carbonyl (C=O) groups excluding carboxylic acids is 1. The molecule has 1 aliphatic heterocycles. The van der Waals surface area contributed by atoms with Gasteiger partial charge >= 0.3 is 0 Å². The third-order valence-electron chi connectivity index (χ3n) is 4.44. The van der Waals surface area contributed by atoms with Crippen LogP contribution in [0.3, 0.4) is 0 Å². The first-order valence-electron chi connectivity index (χ1n) is 7.96.